The molecule has 8 heteroatoms. The van der Waals surface area contributed by atoms with Crippen LogP contribution in [-0.4, -0.2) is 36.9 Å². The van der Waals surface area contributed by atoms with Crippen LogP contribution in [0.15, 0.2) is 14.7 Å². The molecule has 0 bridgehead atoms. The summed E-state index contributed by atoms with van der Waals surface area (Å²) in [7, 11) is -3.64. The SMILES string of the molecule is CC(C)(C)C1CCN(S(=O)(=O)c2cc(C(=O)O)sc2Br)C1. The topological polar surface area (TPSA) is 74.7 Å². The minimum Gasteiger partial charge on any atom is -0.477 e. The lowest BCUT2D eigenvalue weighted by molar-refractivity contribution is 0.0702. The molecule has 118 valence electrons. The van der Waals surface area contributed by atoms with E-state index in [4.69, 9.17) is 5.11 Å². The maximum absolute atomic E-state index is 12.7. The highest BCUT2D eigenvalue weighted by atomic mass is 79.9. The van der Waals surface area contributed by atoms with Crippen molar-refractivity contribution in [3.8, 4) is 0 Å². The van der Waals surface area contributed by atoms with Gasteiger partial charge in [0.05, 0.1) is 3.79 Å². The summed E-state index contributed by atoms with van der Waals surface area (Å²) in [6.07, 6.45) is 0.830. The number of thiophene rings is 1. The fourth-order valence-corrected chi connectivity index (χ4v) is 6.28. The maximum atomic E-state index is 12.7. The second kappa shape index (κ2) is 5.64. The van der Waals surface area contributed by atoms with Crippen LogP contribution in [-0.2, 0) is 10.0 Å². The van der Waals surface area contributed by atoms with Crippen molar-refractivity contribution in [3.63, 3.8) is 0 Å². The molecule has 1 unspecified atom stereocenters. The Bertz CT molecular complexity index is 660. The van der Waals surface area contributed by atoms with Gasteiger partial charge in [-0.25, -0.2) is 13.2 Å². The van der Waals surface area contributed by atoms with E-state index in [-0.39, 0.29) is 15.2 Å². The highest BCUT2D eigenvalue weighted by molar-refractivity contribution is 9.11. The number of sulfonamides is 1. The average Bonchev–Trinajstić information content (AvgIpc) is 2.93. The Labute approximate surface area is 137 Å². The first-order valence-electron chi connectivity index (χ1n) is 6.56. The van der Waals surface area contributed by atoms with Gasteiger partial charge in [0.25, 0.3) is 0 Å². The Kier molecular flexibility index (Phi) is 4.55. The van der Waals surface area contributed by atoms with Gasteiger partial charge < -0.3 is 5.11 Å². The quantitative estimate of drug-likeness (QED) is 0.851. The first-order chi connectivity index (χ1) is 9.53. The zero-order valence-corrected chi connectivity index (χ0v) is 15.3. The lowest BCUT2D eigenvalue weighted by atomic mass is 9.80. The third-order valence-corrected chi connectivity index (χ3v) is 7.97. The van der Waals surface area contributed by atoms with E-state index in [9.17, 15) is 13.2 Å². The summed E-state index contributed by atoms with van der Waals surface area (Å²) in [6.45, 7) is 7.29. The van der Waals surface area contributed by atoms with Crippen molar-refractivity contribution < 1.29 is 18.3 Å². The van der Waals surface area contributed by atoms with Crippen LogP contribution in [0.5, 0.6) is 0 Å². The molecule has 0 amide bonds. The summed E-state index contributed by atoms with van der Waals surface area (Å²) in [5.41, 5.74) is 0.0579. The molecule has 1 N–H and O–H groups in total. The molecule has 0 radical (unpaired) electrons. The number of carboxylic acids is 1. The molecule has 21 heavy (non-hydrogen) atoms. The van der Waals surface area contributed by atoms with Crippen LogP contribution in [0.2, 0.25) is 0 Å². The van der Waals surface area contributed by atoms with Gasteiger partial charge in [-0.1, -0.05) is 20.8 Å². The van der Waals surface area contributed by atoms with Gasteiger partial charge in [-0.15, -0.1) is 11.3 Å². The van der Waals surface area contributed by atoms with Crippen LogP contribution in [0.4, 0.5) is 0 Å². The molecule has 1 atom stereocenters. The molecule has 2 heterocycles. The molecule has 1 aromatic rings. The maximum Gasteiger partial charge on any atom is 0.345 e. The standard InChI is InChI=1S/C13H18BrNO4S2/c1-13(2,3)8-4-5-15(7-8)21(18,19)10-6-9(12(16)17)20-11(10)14/h6,8H,4-5,7H2,1-3H3,(H,16,17). The molecule has 5 nitrogen and oxygen atoms in total. The fourth-order valence-electron chi connectivity index (χ4n) is 2.43. The smallest absolute Gasteiger partial charge is 0.345 e. The van der Waals surface area contributed by atoms with E-state index in [1.54, 1.807) is 0 Å². The normalized spacial score (nSPS) is 20.9. The Morgan fingerprint density at radius 3 is 2.52 bits per heavy atom. The molecule has 0 saturated carbocycles. The van der Waals surface area contributed by atoms with Crippen molar-refractivity contribution in [1.29, 1.82) is 0 Å². The van der Waals surface area contributed by atoms with E-state index in [2.05, 4.69) is 36.7 Å². The van der Waals surface area contributed by atoms with Crippen molar-refractivity contribution in [2.45, 2.75) is 32.1 Å². The van der Waals surface area contributed by atoms with Crippen molar-refractivity contribution in [3.05, 3.63) is 14.7 Å². The number of hydrogen-bond donors (Lipinski definition) is 1. The lowest BCUT2D eigenvalue weighted by Crippen LogP contribution is -2.31. The summed E-state index contributed by atoms with van der Waals surface area (Å²) in [5.74, 6) is -0.806. The van der Waals surface area contributed by atoms with Gasteiger partial charge in [0, 0.05) is 13.1 Å². The second-order valence-electron chi connectivity index (χ2n) is 6.27. The minimum absolute atomic E-state index is 0.0204. The summed E-state index contributed by atoms with van der Waals surface area (Å²) in [5, 5.41) is 8.98. The highest BCUT2D eigenvalue weighted by Gasteiger charge is 2.39. The van der Waals surface area contributed by atoms with Crippen molar-refractivity contribution in [2.24, 2.45) is 11.3 Å². The van der Waals surface area contributed by atoms with E-state index in [0.29, 0.717) is 22.8 Å². The van der Waals surface area contributed by atoms with E-state index >= 15 is 0 Å². The molecule has 2 rings (SSSR count). The zero-order chi connectivity index (χ0) is 16.0. The molecule has 1 fully saturated rings. The zero-order valence-electron chi connectivity index (χ0n) is 12.1. The molecule has 0 spiro atoms. The molecular weight excluding hydrogens is 378 g/mol. The average molecular weight is 396 g/mol. The Balaban J connectivity index is 2.30. The first kappa shape index (κ1) is 16.9. The lowest BCUT2D eigenvalue weighted by Gasteiger charge is -2.26. The fraction of sp³-hybridized carbons (Fsp3) is 0.615. The minimum atomic E-state index is -3.64. The van der Waals surface area contributed by atoms with Gasteiger partial charge >= 0.3 is 5.97 Å². The Morgan fingerprint density at radius 1 is 1.48 bits per heavy atom. The van der Waals surface area contributed by atoms with Gasteiger partial charge in [-0.2, -0.15) is 4.31 Å². The second-order valence-corrected chi connectivity index (χ2v) is 10.5. The number of carboxylic acid groups (broad SMARTS) is 1. The molecule has 0 aliphatic carbocycles. The highest BCUT2D eigenvalue weighted by Crippen LogP contribution is 2.39. The van der Waals surface area contributed by atoms with E-state index in [0.717, 1.165) is 17.8 Å². The molecule has 1 aromatic heterocycles. The van der Waals surface area contributed by atoms with Gasteiger partial charge in [0.1, 0.15) is 9.77 Å². The summed E-state index contributed by atoms with van der Waals surface area (Å²) in [4.78, 5) is 11.1. The van der Waals surface area contributed by atoms with Crippen LogP contribution >= 0.6 is 27.3 Å². The third kappa shape index (κ3) is 3.33. The summed E-state index contributed by atoms with van der Waals surface area (Å²) in [6, 6.07) is 1.23. The number of carbonyl (C=O) groups is 1. The van der Waals surface area contributed by atoms with Crippen LogP contribution in [0.1, 0.15) is 36.9 Å². The number of hydrogen-bond acceptors (Lipinski definition) is 4. The van der Waals surface area contributed by atoms with Gasteiger partial charge in [0.2, 0.25) is 10.0 Å². The van der Waals surface area contributed by atoms with Crippen LogP contribution in [0.3, 0.4) is 0 Å². The van der Waals surface area contributed by atoms with Gasteiger partial charge in [-0.3, -0.25) is 0 Å². The van der Waals surface area contributed by atoms with Crippen LogP contribution in [0.25, 0.3) is 0 Å². The predicted octanol–water partition coefficient (Wildman–Crippen LogP) is 3.27. The largest absolute Gasteiger partial charge is 0.477 e. The summed E-state index contributed by atoms with van der Waals surface area (Å²) >= 11 is 4.10. The van der Waals surface area contributed by atoms with Crippen molar-refractivity contribution in [2.75, 3.05) is 13.1 Å². The Hall–Kier alpha value is -0.440. The summed E-state index contributed by atoms with van der Waals surface area (Å²) < 4.78 is 27.2. The van der Waals surface area contributed by atoms with E-state index in [1.165, 1.54) is 10.4 Å². The number of rotatable bonds is 3. The molecule has 0 aromatic carbocycles. The van der Waals surface area contributed by atoms with E-state index in [1.807, 2.05) is 0 Å². The van der Waals surface area contributed by atoms with Crippen molar-refractivity contribution >= 4 is 43.3 Å². The van der Waals surface area contributed by atoms with Gasteiger partial charge in [-0.05, 0) is 39.8 Å². The predicted molar refractivity (Wildman–Crippen MR) is 85.3 cm³/mol. The first-order valence-corrected chi connectivity index (χ1v) is 9.61. The molecule has 1 aliphatic rings. The van der Waals surface area contributed by atoms with E-state index < -0.39 is 16.0 Å². The monoisotopic (exact) mass is 395 g/mol. The number of nitrogens with zero attached hydrogens (tertiary/aromatic N) is 1. The molecule has 1 aliphatic heterocycles. The van der Waals surface area contributed by atoms with Crippen LogP contribution in [0, 0.1) is 11.3 Å². The number of halogens is 1. The number of aromatic carboxylic acids is 1. The van der Waals surface area contributed by atoms with Crippen LogP contribution < -0.4 is 0 Å². The van der Waals surface area contributed by atoms with Crippen molar-refractivity contribution in [1.82, 2.24) is 4.31 Å². The third-order valence-electron chi connectivity index (χ3n) is 3.86. The Morgan fingerprint density at radius 2 is 2.10 bits per heavy atom. The molecular formula is C13H18BrNO4S2. The molecule has 1 saturated heterocycles. The van der Waals surface area contributed by atoms with Gasteiger partial charge in [0.15, 0.2) is 0 Å².